The van der Waals surface area contributed by atoms with Gasteiger partial charge >= 0.3 is 5.76 Å². The third-order valence-corrected chi connectivity index (χ3v) is 2.83. The number of aliphatic hydroxyl groups excluding tert-OH is 1. The van der Waals surface area contributed by atoms with Gasteiger partial charge in [-0.3, -0.25) is 4.57 Å². The lowest BCUT2D eigenvalue weighted by atomic mass is 10.2. The molecule has 98 valence electrons. The van der Waals surface area contributed by atoms with Gasteiger partial charge in [-0.25, -0.2) is 4.79 Å². The predicted molar refractivity (Wildman–Crippen MR) is 68.2 cm³/mol. The quantitative estimate of drug-likeness (QED) is 0.668. The molecule has 4 N–H and O–H groups in total. The van der Waals surface area contributed by atoms with Gasteiger partial charge in [0.15, 0.2) is 5.58 Å². The molecule has 0 radical (unpaired) electrons. The minimum Gasteiger partial charge on any atom is -0.408 e. The van der Waals surface area contributed by atoms with Gasteiger partial charge in [0.1, 0.15) is 0 Å². The van der Waals surface area contributed by atoms with Crippen molar-refractivity contribution in [3.63, 3.8) is 0 Å². The van der Waals surface area contributed by atoms with Gasteiger partial charge in [-0.05, 0) is 17.7 Å². The summed E-state index contributed by atoms with van der Waals surface area (Å²) in [6.07, 6.45) is 0. The van der Waals surface area contributed by atoms with Crippen LogP contribution in [-0.2, 0) is 13.6 Å². The van der Waals surface area contributed by atoms with Crippen LogP contribution in [0, 0.1) is 0 Å². The third-order valence-electron chi connectivity index (χ3n) is 2.83. The molecule has 1 aromatic heterocycles. The third kappa shape index (κ3) is 2.61. The van der Waals surface area contributed by atoms with Gasteiger partial charge in [0.25, 0.3) is 0 Å². The number of hydrogen-bond donors (Lipinski definition) is 3. The molecule has 18 heavy (non-hydrogen) atoms. The Labute approximate surface area is 104 Å². The average Bonchev–Trinajstić information content (AvgIpc) is 2.64. The van der Waals surface area contributed by atoms with Gasteiger partial charge in [-0.1, -0.05) is 6.07 Å². The second-order valence-electron chi connectivity index (χ2n) is 4.30. The largest absolute Gasteiger partial charge is 0.419 e. The van der Waals surface area contributed by atoms with Gasteiger partial charge in [-0.15, -0.1) is 0 Å². The fourth-order valence-electron chi connectivity index (χ4n) is 1.75. The molecule has 0 saturated heterocycles. The minimum absolute atomic E-state index is 0.0421. The molecular weight excluding hydrogens is 234 g/mol. The summed E-state index contributed by atoms with van der Waals surface area (Å²) in [7, 11) is 1.67. The van der Waals surface area contributed by atoms with E-state index in [1.54, 1.807) is 7.05 Å². The molecule has 2 rings (SSSR count). The van der Waals surface area contributed by atoms with Crippen molar-refractivity contribution in [3.05, 3.63) is 34.3 Å². The van der Waals surface area contributed by atoms with E-state index in [1.807, 2.05) is 18.2 Å². The minimum atomic E-state index is -0.364. The summed E-state index contributed by atoms with van der Waals surface area (Å²) in [5.41, 5.74) is 7.93. The zero-order valence-electron chi connectivity index (χ0n) is 10.2. The van der Waals surface area contributed by atoms with E-state index in [0.29, 0.717) is 18.7 Å². The Balaban J connectivity index is 2.08. The Hall–Kier alpha value is -1.63. The maximum Gasteiger partial charge on any atom is 0.419 e. The molecule has 1 heterocycles. The van der Waals surface area contributed by atoms with E-state index in [-0.39, 0.29) is 18.4 Å². The summed E-state index contributed by atoms with van der Waals surface area (Å²) in [4.78, 5) is 11.3. The van der Waals surface area contributed by atoms with Crippen molar-refractivity contribution in [2.45, 2.75) is 12.6 Å². The highest BCUT2D eigenvalue weighted by Crippen LogP contribution is 2.13. The standard InChI is InChI=1S/C12H17N3O3/c1-15-10-3-2-8(4-11(10)18-12(15)17)5-14-6-9(13)7-16/h2-4,9,14,16H,5-7,13H2,1H3. The summed E-state index contributed by atoms with van der Waals surface area (Å²) >= 11 is 0. The molecule has 0 bridgehead atoms. The molecule has 0 fully saturated rings. The van der Waals surface area contributed by atoms with Crippen LogP contribution in [0.25, 0.3) is 11.1 Å². The number of fused-ring (bicyclic) bond motifs is 1. The molecule has 2 aromatic rings. The van der Waals surface area contributed by atoms with E-state index >= 15 is 0 Å². The Morgan fingerprint density at radius 1 is 1.56 bits per heavy atom. The molecule has 0 aliphatic heterocycles. The zero-order valence-corrected chi connectivity index (χ0v) is 10.2. The first kappa shape index (κ1) is 12.8. The number of nitrogens with two attached hydrogens (primary N) is 1. The van der Waals surface area contributed by atoms with Gasteiger partial charge in [0.2, 0.25) is 0 Å². The first-order chi connectivity index (χ1) is 8.61. The number of nitrogens with zero attached hydrogens (tertiary/aromatic N) is 1. The van der Waals surface area contributed by atoms with Crippen molar-refractivity contribution in [2.75, 3.05) is 13.2 Å². The van der Waals surface area contributed by atoms with Crippen LogP contribution in [-0.4, -0.2) is 28.9 Å². The molecule has 1 atom stereocenters. The Morgan fingerprint density at radius 2 is 2.33 bits per heavy atom. The second kappa shape index (κ2) is 5.34. The van der Waals surface area contributed by atoms with Crippen molar-refractivity contribution in [1.29, 1.82) is 0 Å². The normalized spacial score (nSPS) is 13.1. The fraction of sp³-hybridized carbons (Fsp3) is 0.417. The number of rotatable bonds is 5. The van der Waals surface area contributed by atoms with E-state index in [0.717, 1.165) is 11.1 Å². The van der Waals surface area contributed by atoms with Crippen LogP contribution in [0.4, 0.5) is 0 Å². The van der Waals surface area contributed by atoms with Crippen molar-refractivity contribution >= 4 is 11.1 Å². The number of nitrogens with one attached hydrogen (secondary N) is 1. The van der Waals surface area contributed by atoms with Gasteiger partial charge < -0.3 is 20.6 Å². The highest BCUT2D eigenvalue weighted by Gasteiger charge is 2.06. The van der Waals surface area contributed by atoms with Crippen molar-refractivity contribution in [3.8, 4) is 0 Å². The number of benzene rings is 1. The van der Waals surface area contributed by atoms with Gasteiger partial charge in [-0.2, -0.15) is 0 Å². The molecule has 0 spiro atoms. The molecule has 0 saturated carbocycles. The lowest BCUT2D eigenvalue weighted by Gasteiger charge is -2.09. The van der Waals surface area contributed by atoms with E-state index in [9.17, 15) is 4.79 Å². The average molecular weight is 251 g/mol. The molecule has 0 aliphatic rings. The Bertz CT molecular complexity index is 588. The van der Waals surface area contributed by atoms with Gasteiger partial charge in [0.05, 0.1) is 12.1 Å². The highest BCUT2D eigenvalue weighted by molar-refractivity contribution is 5.73. The van der Waals surface area contributed by atoms with Crippen LogP contribution in [0.2, 0.25) is 0 Å². The number of aryl methyl sites for hydroxylation is 1. The maximum atomic E-state index is 11.3. The summed E-state index contributed by atoms with van der Waals surface area (Å²) in [6.45, 7) is 1.11. The predicted octanol–water partition coefficient (Wildman–Crippen LogP) is -0.459. The Kier molecular flexibility index (Phi) is 3.81. The highest BCUT2D eigenvalue weighted by atomic mass is 16.4. The number of aromatic nitrogens is 1. The molecule has 0 aliphatic carbocycles. The second-order valence-corrected chi connectivity index (χ2v) is 4.30. The summed E-state index contributed by atoms with van der Waals surface area (Å²) in [5.74, 6) is -0.364. The SMILES string of the molecule is Cn1c(=O)oc2cc(CNCC(N)CO)ccc21. The molecule has 1 unspecified atom stereocenters. The van der Waals surface area contributed by atoms with Crippen LogP contribution >= 0.6 is 0 Å². The summed E-state index contributed by atoms with van der Waals surface area (Å²) in [6, 6.07) is 5.34. The molecular formula is C12H17N3O3. The molecule has 6 heteroatoms. The number of aliphatic hydroxyl groups is 1. The Morgan fingerprint density at radius 3 is 3.06 bits per heavy atom. The van der Waals surface area contributed by atoms with Crippen LogP contribution < -0.4 is 16.8 Å². The van der Waals surface area contributed by atoms with Crippen molar-refractivity contribution in [2.24, 2.45) is 12.8 Å². The van der Waals surface area contributed by atoms with E-state index in [2.05, 4.69) is 5.32 Å². The lowest BCUT2D eigenvalue weighted by molar-refractivity contribution is 0.262. The number of hydrogen-bond acceptors (Lipinski definition) is 5. The summed E-state index contributed by atoms with van der Waals surface area (Å²) < 4.78 is 6.57. The first-order valence-corrected chi connectivity index (χ1v) is 5.77. The van der Waals surface area contributed by atoms with E-state index in [1.165, 1.54) is 4.57 Å². The van der Waals surface area contributed by atoms with Gasteiger partial charge in [0, 0.05) is 26.2 Å². The lowest BCUT2D eigenvalue weighted by Crippen LogP contribution is -2.36. The molecule has 6 nitrogen and oxygen atoms in total. The van der Waals surface area contributed by atoms with E-state index < -0.39 is 0 Å². The van der Waals surface area contributed by atoms with Crippen LogP contribution in [0.15, 0.2) is 27.4 Å². The van der Waals surface area contributed by atoms with Crippen molar-refractivity contribution < 1.29 is 9.52 Å². The summed E-state index contributed by atoms with van der Waals surface area (Å²) in [5, 5.41) is 11.9. The fourth-order valence-corrected chi connectivity index (χ4v) is 1.75. The molecule has 0 amide bonds. The first-order valence-electron chi connectivity index (χ1n) is 5.77. The monoisotopic (exact) mass is 251 g/mol. The van der Waals surface area contributed by atoms with Crippen LogP contribution in [0.3, 0.4) is 0 Å². The van der Waals surface area contributed by atoms with E-state index in [4.69, 9.17) is 15.3 Å². The van der Waals surface area contributed by atoms with Crippen molar-refractivity contribution in [1.82, 2.24) is 9.88 Å². The smallest absolute Gasteiger partial charge is 0.408 e. The zero-order chi connectivity index (χ0) is 13.1. The topological polar surface area (TPSA) is 93.4 Å². The van der Waals surface area contributed by atoms with Crippen LogP contribution in [0.1, 0.15) is 5.56 Å². The maximum absolute atomic E-state index is 11.3. The molecule has 1 aromatic carbocycles. The van der Waals surface area contributed by atoms with Crippen LogP contribution in [0.5, 0.6) is 0 Å². The number of oxazole rings is 1.